The summed E-state index contributed by atoms with van der Waals surface area (Å²) in [5, 5.41) is 81.0. The van der Waals surface area contributed by atoms with Crippen molar-refractivity contribution in [1.29, 1.82) is 0 Å². The Labute approximate surface area is 402 Å². The predicted octanol–water partition coefficient (Wildman–Crippen LogP) is 10.6. The van der Waals surface area contributed by atoms with Crippen molar-refractivity contribution < 1.29 is 55.2 Å². The van der Waals surface area contributed by atoms with Crippen molar-refractivity contribution in [2.75, 3.05) is 14.2 Å². The average molecular weight is 975 g/mol. The molecule has 8 N–H and O–H groups in total. The van der Waals surface area contributed by atoms with Gasteiger partial charge >= 0.3 is 11.9 Å². The molecule has 2 heterocycles. The molecule has 14 heteroatoms. The van der Waals surface area contributed by atoms with E-state index in [-0.39, 0.29) is 36.1 Å². The number of ether oxygens (including phenoxy) is 1. The van der Waals surface area contributed by atoms with Gasteiger partial charge in [-0.3, -0.25) is 9.59 Å². The molecule has 0 unspecified atom stereocenters. The molecule has 11 nitrogen and oxygen atoms in total. The van der Waals surface area contributed by atoms with E-state index in [1.807, 2.05) is 36.4 Å². The van der Waals surface area contributed by atoms with Crippen LogP contribution in [0.15, 0.2) is 60.7 Å². The van der Waals surface area contributed by atoms with Crippen LogP contribution in [0.25, 0.3) is 20.2 Å². The smallest absolute Gasteiger partial charge is 0.305 e. The highest BCUT2D eigenvalue weighted by Crippen LogP contribution is 2.43. The van der Waals surface area contributed by atoms with E-state index in [0.717, 1.165) is 85.4 Å². The molecule has 372 valence electrons. The van der Waals surface area contributed by atoms with Crippen LogP contribution in [-0.4, -0.2) is 99.5 Å². The maximum Gasteiger partial charge on any atom is 0.305 e. The Balaban J connectivity index is 0.000000307. The van der Waals surface area contributed by atoms with E-state index in [1.54, 1.807) is 22.7 Å². The molecule has 6 rings (SSSR count). The van der Waals surface area contributed by atoms with Gasteiger partial charge in [-0.05, 0) is 123 Å². The Kier molecular flexibility index (Phi) is 26.1. The van der Waals surface area contributed by atoms with Crippen molar-refractivity contribution in [3.8, 4) is 0 Å². The lowest BCUT2D eigenvalue weighted by Gasteiger charge is -2.24. The van der Waals surface area contributed by atoms with E-state index in [4.69, 9.17) is 10.2 Å². The van der Waals surface area contributed by atoms with Crippen LogP contribution in [0.2, 0.25) is 26.2 Å². The van der Waals surface area contributed by atoms with Crippen LogP contribution in [0, 0.1) is 23.7 Å². The molecule has 0 aliphatic heterocycles. The summed E-state index contributed by atoms with van der Waals surface area (Å²) >= 11 is 3.23. The molecular formula is C52H82O11S2Si. The third kappa shape index (κ3) is 20.1. The SMILES string of the molecule is CO.COC(=O)CCCCCC[C@@H]1[C@@H](CC[C@@H](O)c2cc3ccccc3s2)[C@H](O)C[C@@H]1O.C[Si](C)(C)C.O=C(O)CCCCCC[C@@H]1[C@@H](CC[C@@H](O)c2cc3ccccc3s2)[C@H](O)C[C@@H]1O. The molecule has 0 radical (unpaired) electrons. The number of esters is 1. The molecule has 0 spiro atoms. The first-order valence-electron chi connectivity index (χ1n) is 24.2. The zero-order chi connectivity index (χ0) is 48.8. The van der Waals surface area contributed by atoms with E-state index in [1.165, 1.54) is 16.5 Å². The molecule has 66 heavy (non-hydrogen) atoms. The van der Waals surface area contributed by atoms with Crippen molar-refractivity contribution in [1.82, 2.24) is 0 Å². The number of aliphatic hydroxyl groups excluding tert-OH is 7. The number of thiophene rings is 2. The summed E-state index contributed by atoms with van der Waals surface area (Å²) < 4.78 is 6.99. The monoisotopic (exact) mass is 975 g/mol. The number of carbonyl (C=O) groups is 2. The molecule has 2 saturated carbocycles. The number of fused-ring (bicyclic) bond motifs is 2. The maximum absolute atomic E-state index is 11.2. The van der Waals surface area contributed by atoms with Crippen LogP contribution in [0.5, 0.6) is 0 Å². The van der Waals surface area contributed by atoms with Crippen LogP contribution in [0.4, 0.5) is 0 Å². The Bertz CT molecular complexity index is 1890. The number of hydrogen-bond donors (Lipinski definition) is 8. The van der Waals surface area contributed by atoms with Gasteiger partial charge in [-0.2, -0.15) is 0 Å². The molecule has 2 aliphatic carbocycles. The minimum absolute atomic E-state index is 0.00745. The number of aliphatic carboxylic acids is 1. The number of carbonyl (C=O) groups excluding carboxylic acids is 1. The lowest BCUT2D eigenvalue weighted by atomic mass is 9.84. The molecule has 4 aromatic rings. The molecule has 2 fully saturated rings. The highest BCUT2D eigenvalue weighted by atomic mass is 32.1. The second kappa shape index (κ2) is 30.0. The van der Waals surface area contributed by atoms with Gasteiger partial charge in [-0.25, -0.2) is 0 Å². The number of hydrogen-bond acceptors (Lipinski definition) is 12. The topological polar surface area (TPSA) is 205 Å². The fourth-order valence-corrected chi connectivity index (χ4v) is 11.6. The van der Waals surface area contributed by atoms with Gasteiger partial charge in [0.2, 0.25) is 0 Å². The van der Waals surface area contributed by atoms with Gasteiger partial charge in [0.1, 0.15) is 0 Å². The third-order valence-electron chi connectivity index (χ3n) is 12.7. The number of aliphatic hydroxyl groups is 7. The van der Waals surface area contributed by atoms with E-state index in [0.29, 0.717) is 51.4 Å². The summed E-state index contributed by atoms with van der Waals surface area (Å²) in [6.07, 6.45) is 9.97. The normalized spacial score (nSPS) is 23.5. The highest BCUT2D eigenvalue weighted by Gasteiger charge is 2.42. The number of benzene rings is 2. The van der Waals surface area contributed by atoms with E-state index < -0.39 is 50.7 Å². The summed E-state index contributed by atoms with van der Waals surface area (Å²) in [5.41, 5.74) is 0. The fourth-order valence-electron chi connectivity index (χ4n) is 9.39. The number of unbranched alkanes of at least 4 members (excludes halogenated alkanes) is 6. The van der Waals surface area contributed by atoms with Crippen molar-refractivity contribution in [3.05, 3.63) is 70.4 Å². The van der Waals surface area contributed by atoms with Gasteiger partial charge in [0.25, 0.3) is 0 Å². The fraction of sp³-hybridized carbons (Fsp3) is 0.654. The number of carboxylic acids is 1. The molecular weight excluding hydrogens is 893 g/mol. The Morgan fingerprint density at radius 2 is 0.939 bits per heavy atom. The molecule has 2 aliphatic rings. The van der Waals surface area contributed by atoms with Gasteiger partial charge in [0.05, 0.1) is 43.7 Å². The Morgan fingerprint density at radius 1 is 0.591 bits per heavy atom. The lowest BCUT2D eigenvalue weighted by Crippen LogP contribution is -2.23. The van der Waals surface area contributed by atoms with E-state index in [2.05, 4.69) is 55.2 Å². The molecule has 2 aromatic carbocycles. The molecule has 10 atom stereocenters. The summed E-state index contributed by atoms with van der Waals surface area (Å²) in [6.45, 7) is 9.31. The summed E-state index contributed by atoms with van der Waals surface area (Å²) in [6, 6.07) is 20.3. The predicted molar refractivity (Wildman–Crippen MR) is 272 cm³/mol. The van der Waals surface area contributed by atoms with E-state index in [9.17, 15) is 40.2 Å². The zero-order valence-electron chi connectivity index (χ0n) is 40.4. The van der Waals surface area contributed by atoms with Crippen molar-refractivity contribution in [2.45, 2.75) is 178 Å². The summed E-state index contributed by atoms with van der Waals surface area (Å²) in [4.78, 5) is 23.6. The minimum Gasteiger partial charge on any atom is -0.481 e. The standard InChI is InChI=1S/C24H34O5S.C23H32O5S.C4H12Si.CH4O/c1-29-24(28)11-5-3-2-4-9-17-18(21(27)15-20(17)26)12-13-19(25)23-14-16-8-6-7-10-22(16)30-23;24-18(22-13-15-7-5-6-9-21(15)29-22)12-11-17-16(19(25)14-20(17)26)8-3-1-2-4-10-23(27)28;1-5(2,3)4;1-2/h6-8,10,14,17-21,25-27H,2-5,9,11-13,15H2,1H3;5-7,9,13,16-20,24-26H,1-4,8,10-12,14H2,(H,27,28);1-4H3;2H,1H3/t17-,18-,19-,20+,21-;16-,17-,18-,19+,20-;;/m11../s1. The van der Waals surface area contributed by atoms with E-state index >= 15 is 0 Å². The number of methoxy groups -OCH3 is 1. The highest BCUT2D eigenvalue weighted by molar-refractivity contribution is 7.19. The quantitative estimate of drug-likeness (QED) is 0.0211. The van der Waals surface area contributed by atoms with Gasteiger partial charge < -0.3 is 45.6 Å². The lowest BCUT2D eigenvalue weighted by molar-refractivity contribution is -0.141. The van der Waals surface area contributed by atoms with Crippen molar-refractivity contribution in [3.63, 3.8) is 0 Å². The van der Waals surface area contributed by atoms with Crippen LogP contribution < -0.4 is 0 Å². The number of carboxylic acid groups (broad SMARTS) is 1. The average Bonchev–Trinajstić information content (AvgIpc) is 4.04. The van der Waals surface area contributed by atoms with Crippen LogP contribution >= 0.6 is 22.7 Å². The first-order chi connectivity index (χ1) is 31.4. The summed E-state index contributed by atoms with van der Waals surface area (Å²) in [7, 11) is 1.80. The first kappa shape index (κ1) is 57.6. The molecule has 0 saturated heterocycles. The van der Waals surface area contributed by atoms with Crippen molar-refractivity contribution in [2.24, 2.45) is 23.7 Å². The summed E-state index contributed by atoms with van der Waals surface area (Å²) in [5.74, 6) is -0.750. The van der Waals surface area contributed by atoms with Gasteiger partial charge in [-0.15, -0.1) is 22.7 Å². The second-order valence-corrected chi connectivity index (χ2v) is 28.1. The number of rotatable bonds is 22. The molecule has 0 bridgehead atoms. The Hall–Kier alpha value is -2.76. The zero-order valence-corrected chi connectivity index (χ0v) is 43.0. The van der Waals surface area contributed by atoms with Crippen LogP contribution in [0.3, 0.4) is 0 Å². The van der Waals surface area contributed by atoms with Crippen LogP contribution in [-0.2, 0) is 14.3 Å². The maximum atomic E-state index is 11.2. The molecule has 2 aromatic heterocycles. The first-order valence-corrected chi connectivity index (χ1v) is 29.9. The van der Waals surface area contributed by atoms with Gasteiger partial charge in [0, 0.05) is 47.2 Å². The minimum atomic E-state index is -0.753. The largest absolute Gasteiger partial charge is 0.481 e. The third-order valence-corrected chi connectivity index (χ3v) is 15.1. The van der Waals surface area contributed by atoms with Gasteiger partial charge in [-0.1, -0.05) is 101 Å². The Morgan fingerprint density at radius 3 is 1.30 bits per heavy atom. The van der Waals surface area contributed by atoms with Gasteiger partial charge in [0.15, 0.2) is 0 Å². The second-order valence-electron chi connectivity index (χ2n) is 19.8. The van der Waals surface area contributed by atoms with Crippen molar-refractivity contribution >= 4 is 62.9 Å². The van der Waals surface area contributed by atoms with Crippen LogP contribution in [0.1, 0.15) is 138 Å². The molecule has 0 amide bonds.